The minimum absolute atomic E-state index is 0.0795. The molecule has 136 valence electrons. The van der Waals surface area contributed by atoms with Crippen LogP contribution in [0.4, 0.5) is 5.82 Å². The Kier molecular flexibility index (Phi) is 4.59. The lowest BCUT2D eigenvalue weighted by atomic mass is 10.1. The quantitative estimate of drug-likeness (QED) is 0.846. The Morgan fingerprint density at radius 3 is 2.96 bits per heavy atom. The van der Waals surface area contributed by atoms with Crippen molar-refractivity contribution in [2.75, 3.05) is 31.2 Å². The molecule has 4 rings (SSSR count). The van der Waals surface area contributed by atoms with E-state index in [1.165, 1.54) is 0 Å². The van der Waals surface area contributed by atoms with Gasteiger partial charge in [0.1, 0.15) is 22.8 Å². The van der Waals surface area contributed by atoms with Crippen molar-refractivity contribution in [3.05, 3.63) is 36.2 Å². The van der Waals surface area contributed by atoms with E-state index >= 15 is 0 Å². The van der Waals surface area contributed by atoms with E-state index in [-0.39, 0.29) is 12.1 Å². The number of nitrogens with zero attached hydrogens (tertiary/aromatic N) is 4. The molecule has 0 aliphatic carbocycles. The van der Waals surface area contributed by atoms with Gasteiger partial charge in [0.05, 0.1) is 37.6 Å². The topological polar surface area (TPSA) is 59.8 Å². The second kappa shape index (κ2) is 7.03. The molecule has 1 saturated heterocycles. The first-order valence-corrected chi connectivity index (χ1v) is 9.15. The van der Waals surface area contributed by atoms with Gasteiger partial charge in [0, 0.05) is 24.2 Å². The van der Waals surface area contributed by atoms with E-state index in [1.807, 2.05) is 38.1 Å². The van der Waals surface area contributed by atoms with Crippen LogP contribution in [0.15, 0.2) is 35.5 Å². The fourth-order valence-electron chi connectivity index (χ4n) is 3.38. The van der Waals surface area contributed by atoms with Crippen molar-refractivity contribution in [3.63, 3.8) is 0 Å². The highest BCUT2D eigenvalue weighted by molar-refractivity contribution is 6.15. The summed E-state index contributed by atoms with van der Waals surface area (Å²) < 4.78 is 11.7. The number of anilines is 1. The van der Waals surface area contributed by atoms with Gasteiger partial charge < -0.3 is 14.4 Å². The third-order valence-corrected chi connectivity index (χ3v) is 4.59. The number of morpholine rings is 1. The van der Waals surface area contributed by atoms with E-state index < -0.39 is 0 Å². The van der Waals surface area contributed by atoms with Gasteiger partial charge in [0.25, 0.3) is 0 Å². The predicted molar refractivity (Wildman–Crippen MR) is 103 cm³/mol. The number of rotatable bonds is 4. The van der Waals surface area contributed by atoms with Gasteiger partial charge in [-0.2, -0.15) is 0 Å². The zero-order valence-corrected chi connectivity index (χ0v) is 15.5. The number of pyridine rings is 2. The van der Waals surface area contributed by atoms with E-state index in [4.69, 9.17) is 14.5 Å². The first-order chi connectivity index (χ1) is 12.6. The molecule has 2 aromatic heterocycles. The molecule has 2 aliphatic rings. The SMILES string of the molecule is CC(C)Oc1cc(N2CCOC[C@@H]2C)nc2c(C3=NCC=C3)nccc12. The van der Waals surface area contributed by atoms with Crippen LogP contribution in [0.2, 0.25) is 0 Å². The Labute approximate surface area is 153 Å². The predicted octanol–water partition coefficient (Wildman–Crippen LogP) is 3.00. The molecule has 0 amide bonds. The maximum atomic E-state index is 6.13. The third kappa shape index (κ3) is 3.17. The molecule has 0 N–H and O–H groups in total. The fraction of sp³-hybridized carbons (Fsp3) is 0.450. The van der Waals surface area contributed by atoms with Crippen molar-refractivity contribution in [1.82, 2.24) is 9.97 Å². The maximum absolute atomic E-state index is 6.13. The van der Waals surface area contributed by atoms with Gasteiger partial charge >= 0.3 is 0 Å². The van der Waals surface area contributed by atoms with Crippen molar-refractivity contribution in [2.45, 2.75) is 32.9 Å². The van der Waals surface area contributed by atoms with E-state index in [0.717, 1.165) is 40.4 Å². The van der Waals surface area contributed by atoms with Crippen LogP contribution >= 0.6 is 0 Å². The molecule has 0 bridgehead atoms. The minimum atomic E-state index is 0.0795. The number of hydrogen-bond donors (Lipinski definition) is 0. The van der Waals surface area contributed by atoms with Crippen LogP contribution in [-0.4, -0.2) is 54.1 Å². The molecule has 0 saturated carbocycles. The summed E-state index contributed by atoms with van der Waals surface area (Å²) in [4.78, 5) is 16.4. The molecule has 6 nitrogen and oxygen atoms in total. The Hall–Kier alpha value is -2.47. The van der Waals surface area contributed by atoms with E-state index in [2.05, 4.69) is 21.8 Å². The van der Waals surface area contributed by atoms with Crippen molar-refractivity contribution >= 4 is 22.4 Å². The number of fused-ring (bicyclic) bond motifs is 1. The first-order valence-electron chi connectivity index (χ1n) is 9.15. The monoisotopic (exact) mass is 352 g/mol. The molecular formula is C20H24N4O2. The highest BCUT2D eigenvalue weighted by Gasteiger charge is 2.23. The molecule has 6 heteroatoms. The van der Waals surface area contributed by atoms with Crippen LogP contribution < -0.4 is 9.64 Å². The minimum Gasteiger partial charge on any atom is -0.490 e. The lowest BCUT2D eigenvalue weighted by Gasteiger charge is -2.34. The number of hydrogen-bond acceptors (Lipinski definition) is 6. The van der Waals surface area contributed by atoms with Gasteiger partial charge in [-0.25, -0.2) is 4.98 Å². The van der Waals surface area contributed by atoms with Gasteiger partial charge in [-0.15, -0.1) is 0 Å². The van der Waals surface area contributed by atoms with Crippen LogP contribution in [0.3, 0.4) is 0 Å². The zero-order valence-electron chi connectivity index (χ0n) is 15.5. The molecule has 4 heterocycles. The maximum Gasteiger partial charge on any atom is 0.133 e. The summed E-state index contributed by atoms with van der Waals surface area (Å²) in [6, 6.07) is 4.28. The van der Waals surface area contributed by atoms with Crippen LogP contribution in [0.5, 0.6) is 5.75 Å². The Morgan fingerprint density at radius 2 is 2.23 bits per heavy atom. The van der Waals surface area contributed by atoms with Gasteiger partial charge in [0.15, 0.2) is 0 Å². The highest BCUT2D eigenvalue weighted by atomic mass is 16.5. The summed E-state index contributed by atoms with van der Waals surface area (Å²) in [5.41, 5.74) is 2.53. The Balaban J connectivity index is 1.90. The van der Waals surface area contributed by atoms with Gasteiger partial charge in [0.2, 0.25) is 0 Å². The summed E-state index contributed by atoms with van der Waals surface area (Å²) in [7, 11) is 0. The Bertz CT molecular complexity index is 875. The van der Waals surface area contributed by atoms with Gasteiger partial charge in [-0.3, -0.25) is 9.98 Å². The zero-order chi connectivity index (χ0) is 18.1. The molecule has 1 atom stereocenters. The molecule has 2 aliphatic heterocycles. The molecule has 1 fully saturated rings. The van der Waals surface area contributed by atoms with Crippen molar-refractivity contribution in [2.24, 2.45) is 4.99 Å². The fourth-order valence-corrected chi connectivity index (χ4v) is 3.38. The molecule has 0 radical (unpaired) electrons. The molecule has 0 unspecified atom stereocenters. The van der Waals surface area contributed by atoms with E-state index in [1.54, 1.807) is 6.20 Å². The molecule has 26 heavy (non-hydrogen) atoms. The lowest BCUT2D eigenvalue weighted by Crippen LogP contribution is -2.44. The normalized spacial score (nSPS) is 20.1. The van der Waals surface area contributed by atoms with E-state index in [0.29, 0.717) is 19.8 Å². The Morgan fingerprint density at radius 1 is 1.35 bits per heavy atom. The highest BCUT2D eigenvalue weighted by Crippen LogP contribution is 2.32. The molecular weight excluding hydrogens is 328 g/mol. The first kappa shape index (κ1) is 17.0. The van der Waals surface area contributed by atoms with E-state index in [9.17, 15) is 0 Å². The molecule has 2 aromatic rings. The van der Waals surface area contributed by atoms with Crippen molar-refractivity contribution in [1.29, 1.82) is 0 Å². The van der Waals surface area contributed by atoms with Crippen molar-refractivity contribution in [3.8, 4) is 5.75 Å². The van der Waals surface area contributed by atoms with Crippen molar-refractivity contribution < 1.29 is 9.47 Å². The van der Waals surface area contributed by atoms with Crippen LogP contribution in [0, 0.1) is 0 Å². The average Bonchev–Trinajstić information content (AvgIpc) is 3.15. The average molecular weight is 352 g/mol. The summed E-state index contributed by atoms with van der Waals surface area (Å²) in [5.74, 6) is 1.74. The second-order valence-electron chi connectivity index (χ2n) is 6.95. The largest absolute Gasteiger partial charge is 0.490 e. The van der Waals surface area contributed by atoms with Gasteiger partial charge in [-0.05, 0) is 32.9 Å². The second-order valence-corrected chi connectivity index (χ2v) is 6.95. The van der Waals surface area contributed by atoms with Crippen LogP contribution in [0.25, 0.3) is 10.9 Å². The third-order valence-electron chi connectivity index (χ3n) is 4.59. The summed E-state index contributed by atoms with van der Waals surface area (Å²) in [6.45, 7) is 9.15. The number of ether oxygens (including phenoxy) is 2. The molecule has 0 spiro atoms. The number of aliphatic imine (C=N–C) groups is 1. The summed E-state index contributed by atoms with van der Waals surface area (Å²) in [6.07, 6.45) is 5.93. The number of allylic oxidation sites excluding steroid dienone is 1. The lowest BCUT2D eigenvalue weighted by molar-refractivity contribution is 0.0985. The standard InChI is InChI=1S/C20H24N4O2/c1-13(2)26-17-11-18(24-9-10-25-12-14(24)3)23-19-15(17)6-8-22-20(19)16-5-4-7-21-16/h4-6,8,11,13-14H,7,9-10,12H2,1-3H3/t14-/m0/s1. The summed E-state index contributed by atoms with van der Waals surface area (Å²) in [5, 5.41) is 0.969. The van der Waals surface area contributed by atoms with Crippen LogP contribution in [-0.2, 0) is 4.74 Å². The van der Waals surface area contributed by atoms with Gasteiger partial charge in [-0.1, -0.05) is 6.08 Å². The number of aromatic nitrogens is 2. The van der Waals surface area contributed by atoms with Crippen LogP contribution in [0.1, 0.15) is 26.5 Å². The smallest absolute Gasteiger partial charge is 0.133 e. The summed E-state index contributed by atoms with van der Waals surface area (Å²) >= 11 is 0. The molecule has 0 aromatic carbocycles.